The fraction of sp³-hybridized carbons (Fsp3) is 0.900. The zero-order valence-corrected chi connectivity index (χ0v) is 16.6. The number of rotatable bonds is 9. The molecule has 0 N–H and O–H groups in total. The van der Waals surface area contributed by atoms with Crippen LogP contribution in [0.1, 0.15) is 96.8 Å². The number of hydrogen-bond acceptors (Lipinski definition) is 0. The van der Waals surface area contributed by atoms with Crippen molar-refractivity contribution in [1.29, 1.82) is 0 Å². The van der Waals surface area contributed by atoms with E-state index in [9.17, 15) is 0 Å². The Bertz CT molecular complexity index is 272. The maximum atomic E-state index is 2.71. The molecule has 0 aromatic heterocycles. The van der Waals surface area contributed by atoms with Gasteiger partial charge in [-0.15, -0.1) is 0 Å². The number of unbranched alkanes of at least 4 members (excludes halogenated alkanes) is 3. The van der Waals surface area contributed by atoms with Crippen LogP contribution in [0.15, 0.2) is 10.9 Å². The van der Waals surface area contributed by atoms with Crippen molar-refractivity contribution >= 4 is 21.7 Å². The summed E-state index contributed by atoms with van der Waals surface area (Å²) in [5, 5.41) is 1.48. The van der Waals surface area contributed by atoms with E-state index in [-0.39, 0.29) is 0 Å². The van der Waals surface area contributed by atoms with Crippen molar-refractivity contribution in [3.05, 3.63) is 10.9 Å². The average molecular weight is 367 g/mol. The summed E-state index contributed by atoms with van der Waals surface area (Å²) in [5.74, 6) is 4.78. The molecule has 0 spiro atoms. The van der Waals surface area contributed by atoms with Crippen LogP contribution in [0.3, 0.4) is 0 Å². The van der Waals surface area contributed by atoms with Gasteiger partial charge < -0.3 is 0 Å². The first kappa shape index (κ1) is 18.7. The van der Waals surface area contributed by atoms with Gasteiger partial charge in [0.1, 0.15) is 0 Å². The second-order valence-corrected chi connectivity index (χ2v) is 9.76. The molecule has 22 heavy (non-hydrogen) atoms. The summed E-state index contributed by atoms with van der Waals surface area (Å²) in [7, 11) is 0. The predicted molar refractivity (Wildman–Crippen MR) is 103 cm³/mol. The molecular weight excluding hydrogens is 330 g/mol. The first-order chi connectivity index (χ1) is 10.9. The Labute approximate surface area is 146 Å². The fourth-order valence-corrected chi connectivity index (χ4v) is 6.24. The fourth-order valence-electron chi connectivity index (χ4n) is 4.56. The van der Waals surface area contributed by atoms with Crippen LogP contribution in [0, 0.1) is 0 Å². The first-order valence-electron chi connectivity index (χ1n) is 10.2. The van der Waals surface area contributed by atoms with Crippen LogP contribution in [-0.2, 0) is 0 Å². The van der Waals surface area contributed by atoms with E-state index in [1.165, 1.54) is 95.2 Å². The second kappa shape index (κ2) is 11.8. The molecule has 2 aliphatic rings. The summed E-state index contributed by atoms with van der Waals surface area (Å²) in [6.45, 7) is 3.25. The summed E-state index contributed by atoms with van der Waals surface area (Å²) < 4.78 is 0. The van der Waals surface area contributed by atoms with Gasteiger partial charge in [0.15, 0.2) is 0 Å². The molecule has 0 aromatic rings. The zero-order valence-electron chi connectivity index (χ0n) is 14.9. The molecular formula is C20H37BSe. The van der Waals surface area contributed by atoms with Crippen LogP contribution in [0.2, 0.25) is 17.0 Å². The molecule has 0 atom stereocenters. The molecule has 0 heterocycles. The van der Waals surface area contributed by atoms with Crippen LogP contribution in [0.4, 0.5) is 0 Å². The second-order valence-electron chi connectivity index (χ2n) is 7.63. The van der Waals surface area contributed by atoms with Gasteiger partial charge in [-0.1, -0.05) is 0 Å². The third kappa shape index (κ3) is 6.83. The quantitative estimate of drug-likeness (QED) is 0.307. The van der Waals surface area contributed by atoms with E-state index in [0.717, 1.165) is 33.3 Å². The Kier molecular flexibility index (Phi) is 10.0. The van der Waals surface area contributed by atoms with Gasteiger partial charge in [-0.25, -0.2) is 0 Å². The van der Waals surface area contributed by atoms with E-state index < -0.39 is 0 Å². The van der Waals surface area contributed by atoms with Gasteiger partial charge >= 0.3 is 146 Å². The molecule has 2 aliphatic carbocycles. The summed E-state index contributed by atoms with van der Waals surface area (Å²) in [4.78, 5) is 2.63. The molecule has 2 saturated carbocycles. The molecule has 0 nitrogen and oxygen atoms in total. The van der Waals surface area contributed by atoms with E-state index in [2.05, 4.69) is 17.9 Å². The Hall–Kier alpha value is 0.324. The summed E-state index contributed by atoms with van der Waals surface area (Å²) in [6.07, 6.45) is 20.8. The normalized spacial score (nSPS) is 21.5. The standard InChI is InChI=1S/C20H37BSe/c1-2-3-4-11-17-22-18-16-21(19-12-7-5-8-13-19)20-14-9-6-10-15-20/h16,18-20H,2-15,17H2,1H3/b18-16+. The average Bonchev–Trinajstić information content (AvgIpc) is 2.59. The third-order valence-electron chi connectivity index (χ3n) is 5.90. The van der Waals surface area contributed by atoms with Gasteiger partial charge in [0.05, 0.1) is 0 Å². The van der Waals surface area contributed by atoms with Gasteiger partial charge in [0, 0.05) is 0 Å². The number of hydrogen-bond donors (Lipinski definition) is 0. The molecule has 126 valence electrons. The summed E-state index contributed by atoms with van der Waals surface area (Å²) in [5.41, 5.74) is 0. The topological polar surface area (TPSA) is 0 Å². The van der Waals surface area contributed by atoms with E-state index in [4.69, 9.17) is 0 Å². The molecule has 2 fully saturated rings. The van der Waals surface area contributed by atoms with Gasteiger partial charge in [-0.05, 0) is 0 Å². The van der Waals surface area contributed by atoms with Crippen molar-refractivity contribution < 1.29 is 0 Å². The molecule has 0 bridgehead atoms. The monoisotopic (exact) mass is 368 g/mol. The molecule has 2 heteroatoms. The molecule has 0 unspecified atom stereocenters. The van der Waals surface area contributed by atoms with Gasteiger partial charge in [-0.3, -0.25) is 0 Å². The maximum absolute atomic E-state index is 2.71. The van der Waals surface area contributed by atoms with E-state index in [1.807, 2.05) is 0 Å². The van der Waals surface area contributed by atoms with E-state index in [1.54, 1.807) is 0 Å². The van der Waals surface area contributed by atoms with Crippen LogP contribution >= 0.6 is 0 Å². The molecule has 0 aromatic carbocycles. The van der Waals surface area contributed by atoms with Crippen LogP contribution in [0.25, 0.3) is 0 Å². The van der Waals surface area contributed by atoms with Gasteiger partial charge in [0.2, 0.25) is 0 Å². The third-order valence-corrected chi connectivity index (χ3v) is 7.73. The zero-order chi connectivity index (χ0) is 15.5. The van der Waals surface area contributed by atoms with Crippen LogP contribution in [0.5, 0.6) is 0 Å². The van der Waals surface area contributed by atoms with Crippen LogP contribution in [-0.4, -0.2) is 21.7 Å². The van der Waals surface area contributed by atoms with Crippen molar-refractivity contribution in [3.8, 4) is 0 Å². The van der Waals surface area contributed by atoms with E-state index in [0.29, 0.717) is 0 Å². The summed E-state index contributed by atoms with van der Waals surface area (Å²) >= 11 is 0.773. The Morgan fingerprint density at radius 1 is 0.818 bits per heavy atom. The van der Waals surface area contributed by atoms with Crippen molar-refractivity contribution in [3.63, 3.8) is 0 Å². The van der Waals surface area contributed by atoms with Gasteiger partial charge in [-0.2, -0.15) is 0 Å². The first-order valence-corrected chi connectivity index (χ1v) is 12.4. The van der Waals surface area contributed by atoms with Gasteiger partial charge in [0.25, 0.3) is 0 Å². The Morgan fingerprint density at radius 3 is 1.95 bits per heavy atom. The van der Waals surface area contributed by atoms with Crippen molar-refractivity contribution in [2.24, 2.45) is 0 Å². The minimum absolute atomic E-state index is 0.773. The molecule has 0 saturated heterocycles. The van der Waals surface area contributed by atoms with Crippen molar-refractivity contribution in [2.45, 2.75) is 114 Å². The molecule has 0 aliphatic heterocycles. The van der Waals surface area contributed by atoms with E-state index >= 15 is 0 Å². The Balaban J connectivity index is 1.78. The molecule has 0 amide bonds. The van der Waals surface area contributed by atoms with Crippen molar-refractivity contribution in [1.82, 2.24) is 0 Å². The van der Waals surface area contributed by atoms with Crippen LogP contribution < -0.4 is 0 Å². The minimum atomic E-state index is 0.773. The predicted octanol–water partition coefficient (Wildman–Crippen LogP) is 6.91. The molecule has 2 rings (SSSR count). The van der Waals surface area contributed by atoms with Crippen molar-refractivity contribution in [2.75, 3.05) is 0 Å². The summed E-state index contributed by atoms with van der Waals surface area (Å²) in [6, 6.07) is 0. The molecule has 0 radical (unpaired) electrons. The Morgan fingerprint density at radius 2 is 1.41 bits per heavy atom. The SMILES string of the molecule is CCCCCC[Se]/C=C/B(C1CCCCC1)C1CCCCC1.